The molecule has 47 heavy (non-hydrogen) atoms. The lowest BCUT2D eigenvalue weighted by atomic mass is 10.1. The molecule has 0 saturated carbocycles. The molecule has 2 N–H and O–H groups in total. The van der Waals surface area contributed by atoms with Crippen molar-refractivity contribution in [2.24, 2.45) is 5.92 Å². The third kappa shape index (κ3) is 8.62. The van der Waals surface area contributed by atoms with Crippen LogP contribution in [0.15, 0.2) is 72.2 Å². The minimum absolute atomic E-state index is 0.0684. The van der Waals surface area contributed by atoms with E-state index in [1.54, 1.807) is 79.2 Å². The summed E-state index contributed by atoms with van der Waals surface area (Å²) in [6, 6.07) is 15.2. The predicted octanol–water partition coefficient (Wildman–Crippen LogP) is 6.78. The van der Waals surface area contributed by atoms with Crippen LogP contribution in [-0.4, -0.2) is 42.4 Å². The molecule has 1 aromatic heterocycles. The minimum Gasteiger partial charge on any atom is -0.491 e. The number of anilines is 1. The molecule has 0 radical (unpaired) electrons. The molecule has 1 amide bonds. The Morgan fingerprint density at radius 2 is 1.66 bits per heavy atom. The number of hydrogen-bond donors (Lipinski definition) is 2. The van der Waals surface area contributed by atoms with E-state index in [9.17, 15) is 14.2 Å². The van der Waals surface area contributed by atoms with Crippen molar-refractivity contribution in [1.82, 2.24) is 10.1 Å². The number of benzene rings is 3. The molecule has 0 spiro atoms. The molecule has 2 heterocycles. The van der Waals surface area contributed by atoms with E-state index in [2.05, 4.69) is 15.4 Å². The van der Waals surface area contributed by atoms with Crippen molar-refractivity contribution in [1.29, 1.82) is 0 Å². The summed E-state index contributed by atoms with van der Waals surface area (Å²) < 4.78 is 48.9. The molecule has 14 heteroatoms. The molecule has 3 aromatic carbocycles. The van der Waals surface area contributed by atoms with Crippen molar-refractivity contribution in [3.63, 3.8) is 0 Å². The van der Waals surface area contributed by atoms with Gasteiger partial charge in [-0.05, 0) is 75.2 Å². The lowest BCUT2D eigenvalue weighted by Crippen LogP contribution is -2.43. The monoisotopic (exact) mass is 681 g/mol. The van der Waals surface area contributed by atoms with Crippen molar-refractivity contribution in [3.8, 4) is 34.5 Å². The average molecular weight is 682 g/mol. The molecule has 2 atom stereocenters. The van der Waals surface area contributed by atoms with E-state index >= 15 is 0 Å². The van der Waals surface area contributed by atoms with Crippen molar-refractivity contribution in [2.45, 2.75) is 46.8 Å². The van der Waals surface area contributed by atoms with Crippen LogP contribution < -0.4 is 39.2 Å². The van der Waals surface area contributed by atoms with Crippen LogP contribution >= 0.6 is 18.9 Å². The number of amides is 1. The highest BCUT2D eigenvalue weighted by atomic mass is 32.1. The molecule has 1 aliphatic heterocycles. The van der Waals surface area contributed by atoms with Crippen molar-refractivity contribution < 1.29 is 42.4 Å². The molecule has 1 unspecified atom stereocenters. The first kappa shape index (κ1) is 33.8. The summed E-state index contributed by atoms with van der Waals surface area (Å²) in [6.45, 7) is 9.34. The Hall–Kier alpha value is -4.58. The molecule has 0 fully saturated rings. The lowest BCUT2D eigenvalue weighted by molar-refractivity contribution is -0.146. The van der Waals surface area contributed by atoms with E-state index in [1.165, 1.54) is 11.3 Å². The fourth-order valence-corrected chi connectivity index (χ4v) is 7.08. The number of thiazole rings is 1. The van der Waals surface area contributed by atoms with E-state index in [0.717, 1.165) is 0 Å². The van der Waals surface area contributed by atoms with Gasteiger partial charge in [0.15, 0.2) is 16.6 Å². The molecule has 5 rings (SSSR count). The number of hydrogen-bond acceptors (Lipinski definition) is 11. The summed E-state index contributed by atoms with van der Waals surface area (Å²) in [5.74, 6) is 1.24. The first-order valence-corrected chi connectivity index (χ1v) is 17.5. The molecule has 248 valence electrons. The van der Waals surface area contributed by atoms with Crippen LogP contribution in [0.3, 0.4) is 0 Å². The van der Waals surface area contributed by atoms with Gasteiger partial charge in [0, 0.05) is 29.3 Å². The Labute approximate surface area is 276 Å². The van der Waals surface area contributed by atoms with Gasteiger partial charge in [-0.25, -0.2) is 10.1 Å². The van der Waals surface area contributed by atoms with Gasteiger partial charge in [0.1, 0.15) is 29.0 Å². The van der Waals surface area contributed by atoms with E-state index in [1.807, 2.05) is 27.7 Å². The summed E-state index contributed by atoms with van der Waals surface area (Å²) in [6.07, 6.45) is 1.46. The van der Waals surface area contributed by atoms with E-state index in [4.69, 9.17) is 28.2 Å². The minimum atomic E-state index is -3.96. The maximum absolute atomic E-state index is 14.7. The second-order valence-corrected chi connectivity index (χ2v) is 14.0. The smallest absolute Gasteiger partial charge is 0.347 e. The van der Waals surface area contributed by atoms with Crippen molar-refractivity contribution in [3.05, 3.63) is 77.8 Å². The van der Waals surface area contributed by atoms with Gasteiger partial charge in [-0.3, -0.25) is 19.5 Å². The topological polar surface area (TPSA) is 144 Å². The maximum atomic E-state index is 14.7. The van der Waals surface area contributed by atoms with Gasteiger partial charge < -0.3 is 28.2 Å². The third-order valence-electron chi connectivity index (χ3n) is 6.67. The molecule has 0 saturated heterocycles. The molecular formula is C33H36N3O9PS. The van der Waals surface area contributed by atoms with Crippen molar-refractivity contribution in [2.75, 3.05) is 18.7 Å². The lowest BCUT2D eigenvalue weighted by Gasteiger charge is -2.27. The summed E-state index contributed by atoms with van der Waals surface area (Å²) in [7, 11) is -3.96. The predicted molar refractivity (Wildman–Crippen MR) is 178 cm³/mol. The molecule has 0 aliphatic carbocycles. The second kappa shape index (κ2) is 14.9. The fourth-order valence-electron chi connectivity index (χ4n) is 4.53. The number of esters is 1. The third-order valence-corrected chi connectivity index (χ3v) is 9.43. The van der Waals surface area contributed by atoms with Gasteiger partial charge in [0.2, 0.25) is 6.79 Å². The molecule has 12 nitrogen and oxygen atoms in total. The highest BCUT2D eigenvalue weighted by molar-refractivity contribution is 7.65. The number of rotatable bonds is 14. The highest BCUT2D eigenvalue weighted by Crippen LogP contribution is 2.46. The van der Waals surface area contributed by atoms with Crippen molar-refractivity contribution >= 4 is 41.2 Å². The normalized spacial score (nSPS) is 13.9. The summed E-state index contributed by atoms with van der Waals surface area (Å²) >= 11 is 1.30. The summed E-state index contributed by atoms with van der Waals surface area (Å²) in [5.41, 5.74) is 0.314. The van der Waals surface area contributed by atoms with Crippen LogP contribution in [0.1, 0.15) is 45.0 Å². The van der Waals surface area contributed by atoms with Crippen LogP contribution in [0.25, 0.3) is 0 Å². The Balaban J connectivity index is 1.43. The quantitative estimate of drug-likeness (QED) is 0.107. The number of carbonyl (C=O) groups is 2. The molecular weight excluding hydrogens is 645 g/mol. The first-order chi connectivity index (χ1) is 22.5. The molecule has 1 aliphatic rings. The van der Waals surface area contributed by atoms with Crippen LogP contribution in [-0.2, 0) is 14.1 Å². The maximum Gasteiger partial charge on any atom is 0.347 e. The van der Waals surface area contributed by atoms with Gasteiger partial charge in [0.05, 0.1) is 18.0 Å². The van der Waals surface area contributed by atoms with E-state index in [-0.39, 0.29) is 42.4 Å². The van der Waals surface area contributed by atoms with Crippen LogP contribution in [0.5, 0.6) is 34.5 Å². The van der Waals surface area contributed by atoms with Gasteiger partial charge in [-0.15, -0.1) is 11.3 Å². The van der Waals surface area contributed by atoms with E-state index < -0.39 is 19.5 Å². The second-order valence-electron chi connectivity index (χ2n) is 11.0. The standard InChI is InChI=1S/C33H36N3O9PS/c1-6-40-32(38)30(20(2)3)36-46(39,45-24-9-12-28-29(18-24)42-19-41-28)27-10-7-23(8-11-27)44-26-16-22(15-25(17-26)43-21(4)5)31(37)35-33-34-13-14-47-33/h7-18,20-21,30H,6,19H2,1-5H3,(H,36,39)(H,34,35,37)/t30-,46?/m1/s1. The van der Waals surface area contributed by atoms with E-state index in [0.29, 0.717) is 39.4 Å². The number of nitrogens with one attached hydrogen (secondary N) is 2. The number of fused-ring (bicyclic) bond motifs is 1. The Bertz CT molecular complexity index is 1750. The first-order valence-electron chi connectivity index (χ1n) is 15.0. The Morgan fingerprint density at radius 3 is 2.34 bits per heavy atom. The average Bonchev–Trinajstić information content (AvgIpc) is 3.72. The summed E-state index contributed by atoms with van der Waals surface area (Å²) in [4.78, 5) is 30.0. The molecule has 4 aromatic rings. The fraction of sp³-hybridized carbons (Fsp3) is 0.303. The Kier molecular flexibility index (Phi) is 10.7. The van der Waals surface area contributed by atoms with Crippen LogP contribution in [0.2, 0.25) is 0 Å². The largest absolute Gasteiger partial charge is 0.491 e. The van der Waals surface area contributed by atoms with Crippen LogP contribution in [0.4, 0.5) is 5.13 Å². The highest BCUT2D eigenvalue weighted by Gasteiger charge is 2.36. The zero-order valence-electron chi connectivity index (χ0n) is 26.6. The zero-order chi connectivity index (χ0) is 33.6. The molecule has 0 bridgehead atoms. The number of aromatic nitrogens is 1. The van der Waals surface area contributed by atoms with Gasteiger partial charge >= 0.3 is 13.5 Å². The number of ether oxygens (including phenoxy) is 5. The Morgan fingerprint density at radius 1 is 0.936 bits per heavy atom. The van der Waals surface area contributed by atoms with Gasteiger partial charge in [-0.2, -0.15) is 0 Å². The van der Waals surface area contributed by atoms with Crippen LogP contribution in [0, 0.1) is 5.92 Å². The summed E-state index contributed by atoms with van der Waals surface area (Å²) in [5, 5.41) is 8.23. The number of nitrogens with zero attached hydrogens (tertiary/aromatic N) is 1. The number of carbonyl (C=O) groups excluding carboxylic acids is 2. The zero-order valence-corrected chi connectivity index (χ0v) is 28.3. The van der Waals surface area contributed by atoms with Gasteiger partial charge in [-0.1, -0.05) is 13.8 Å². The van der Waals surface area contributed by atoms with Gasteiger partial charge in [0.25, 0.3) is 5.91 Å². The SMILES string of the molecule is CCOC(=O)[C@H](NP(=O)(Oc1ccc2c(c1)OCO2)c1ccc(Oc2cc(OC(C)C)cc(C(=O)Nc3nccs3)c2)cc1)C(C)C.